The van der Waals surface area contributed by atoms with Crippen LogP contribution < -0.4 is 10.6 Å². The fourth-order valence-corrected chi connectivity index (χ4v) is 4.41. The van der Waals surface area contributed by atoms with E-state index in [4.69, 9.17) is 0 Å². The van der Waals surface area contributed by atoms with Crippen LogP contribution in [0, 0.1) is 0 Å². The summed E-state index contributed by atoms with van der Waals surface area (Å²) in [5.74, 6) is 0. The van der Waals surface area contributed by atoms with E-state index in [0.717, 1.165) is 31.0 Å². The highest BCUT2D eigenvalue weighted by molar-refractivity contribution is 8.34. The number of benzene rings is 2. The molecule has 3 aromatic rings. The van der Waals surface area contributed by atoms with Gasteiger partial charge in [0.25, 0.3) is 0 Å². The summed E-state index contributed by atoms with van der Waals surface area (Å²) in [5.41, 5.74) is 0.167. The summed E-state index contributed by atoms with van der Waals surface area (Å²) in [4.78, 5) is 12.6. The van der Waals surface area contributed by atoms with Gasteiger partial charge in [0.2, 0.25) is 0 Å². The van der Waals surface area contributed by atoms with Crippen molar-refractivity contribution in [3.8, 4) is 0 Å². The molecule has 4 rings (SSSR count). The van der Waals surface area contributed by atoms with Crippen molar-refractivity contribution in [2.45, 2.75) is 0 Å². The van der Waals surface area contributed by atoms with Crippen LogP contribution >= 0.6 is 23.5 Å². The zero-order valence-corrected chi connectivity index (χ0v) is 11.0. The molecule has 18 heavy (non-hydrogen) atoms. The van der Waals surface area contributed by atoms with Crippen LogP contribution in [-0.2, 0) is 0 Å². The summed E-state index contributed by atoms with van der Waals surface area (Å²) >= 11 is 3.28. The van der Waals surface area contributed by atoms with Crippen LogP contribution in [0.5, 0.6) is 0 Å². The molecule has 0 saturated carbocycles. The minimum absolute atomic E-state index is 0.167. The maximum absolute atomic E-state index is 12.6. The van der Waals surface area contributed by atoms with E-state index in [1.54, 1.807) is 23.5 Å². The number of hydrogen-bond donors (Lipinski definition) is 0. The molecule has 1 aliphatic rings. The Hall–Kier alpha value is -1.45. The molecule has 1 aliphatic heterocycles. The van der Waals surface area contributed by atoms with E-state index < -0.39 is 0 Å². The summed E-state index contributed by atoms with van der Waals surface area (Å²) in [6.45, 7) is 0. The second kappa shape index (κ2) is 3.77. The molecule has 3 aromatic carbocycles. The van der Waals surface area contributed by atoms with Gasteiger partial charge in [-0.15, -0.1) is 0 Å². The third-order valence-electron chi connectivity index (χ3n) is 3.26. The van der Waals surface area contributed by atoms with Gasteiger partial charge in [0.1, 0.15) is 0 Å². The second-order valence-corrected chi connectivity index (χ2v) is 6.30. The molecule has 0 saturated heterocycles. The first-order chi connectivity index (χ1) is 8.86. The van der Waals surface area contributed by atoms with Gasteiger partial charge in [-0.25, -0.2) is 0 Å². The molecule has 0 bridgehead atoms. The molecule has 0 radical (unpaired) electrons. The number of hydrogen-bond acceptors (Lipinski definition) is 3. The van der Waals surface area contributed by atoms with E-state index in [1.165, 1.54) is 0 Å². The molecule has 86 valence electrons. The molecule has 0 fully saturated rings. The van der Waals surface area contributed by atoms with Gasteiger partial charge in [0.05, 0.1) is 9.46 Å². The van der Waals surface area contributed by atoms with Gasteiger partial charge < -0.3 is 0 Å². The van der Waals surface area contributed by atoms with Crippen LogP contribution in [-0.4, -0.2) is 0 Å². The number of rotatable bonds is 0. The molecule has 0 aromatic heterocycles. The Morgan fingerprint density at radius 2 is 1.50 bits per heavy atom. The van der Waals surface area contributed by atoms with Gasteiger partial charge in [-0.3, -0.25) is 4.79 Å². The zero-order chi connectivity index (χ0) is 12.1. The van der Waals surface area contributed by atoms with Crippen LogP contribution in [0.4, 0.5) is 0 Å². The molecular formula is C15H8OS2. The standard InChI is InChI=1S/C15H8OS2/c16-14-11-6-2-4-9-3-1-5-10(12(9)11)13(14)15-17-7-8-18-15/h1-8H. The van der Waals surface area contributed by atoms with E-state index in [0.29, 0.717) is 0 Å². The molecule has 3 heteroatoms. The Balaban J connectivity index is 2.36. The van der Waals surface area contributed by atoms with Gasteiger partial charge in [0.15, 0.2) is 5.43 Å². The maximum atomic E-state index is 12.6. The lowest BCUT2D eigenvalue weighted by molar-refractivity contribution is 1.70. The summed E-state index contributed by atoms with van der Waals surface area (Å²) in [5, 5.41) is 9.13. The zero-order valence-electron chi connectivity index (χ0n) is 9.34. The average Bonchev–Trinajstić information content (AvgIpc) is 3.00. The van der Waals surface area contributed by atoms with Crippen molar-refractivity contribution >= 4 is 49.3 Å². The van der Waals surface area contributed by atoms with Gasteiger partial charge in [-0.1, -0.05) is 59.9 Å². The molecule has 0 spiro atoms. The van der Waals surface area contributed by atoms with Crippen molar-refractivity contribution in [2.24, 2.45) is 0 Å². The SMILES string of the molecule is O=c1c(=C2SC=CS2)c2cccc3cccc1c32. The van der Waals surface area contributed by atoms with Crippen LogP contribution in [0.25, 0.3) is 25.8 Å². The quantitative estimate of drug-likeness (QED) is 0.621. The van der Waals surface area contributed by atoms with Gasteiger partial charge in [-0.05, 0) is 21.6 Å². The lowest BCUT2D eigenvalue weighted by Crippen LogP contribution is -2.20. The first kappa shape index (κ1) is 10.5. The minimum Gasteiger partial charge on any atom is -0.289 e. The topological polar surface area (TPSA) is 17.1 Å². The molecule has 0 unspecified atom stereocenters. The second-order valence-electron chi connectivity index (χ2n) is 4.21. The van der Waals surface area contributed by atoms with Crippen molar-refractivity contribution in [3.63, 3.8) is 0 Å². The van der Waals surface area contributed by atoms with Crippen molar-refractivity contribution in [1.82, 2.24) is 0 Å². The maximum Gasteiger partial charge on any atom is 0.195 e. The van der Waals surface area contributed by atoms with Gasteiger partial charge in [0, 0.05) is 10.8 Å². The van der Waals surface area contributed by atoms with Crippen molar-refractivity contribution in [3.05, 3.63) is 62.7 Å². The van der Waals surface area contributed by atoms with Gasteiger partial charge >= 0.3 is 0 Å². The summed E-state index contributed by atoms with van der Waals surface area (Å²) < 4.78 is 1.10. The van der Waals surface area contributed by atoms with Crippen molar-refractivity contribution in [1.29, 1.82) is 0 Å². The molecule has 0 N–H and O–H groups in total. The first-order valence-corrected chi connectivity index (χ1v) is 7.41. The smallest absolute Gasteiger partial charge is 0.195 e. The summed E-state index contributed by atoms with van der Waals surface area (Å²) in [7, 11) is 0. The Morgan fingerprint density at radius 1 is 0.833 bits per heavy atom. The highest BCUT2D eigenvalue weighted by Gasteiger charge is 2.15. The first-order valence-electron chi connectivity index (χ1n) is 5.66. The van der Waals surface area contributed by atoms with E-state index in [2.05, 4.69) is 18.2 Å². The number of thioether (sulfide) groups is 2. The van der Waals surface area contributed by atoms with Gasteiger partial charge in [-0.2, -0.15) is 0 Å². The monoisotopic (exact) mass is 268 g/mol. The van der Waals surface area contributed by atoms with Crippen LogP contribution in [0.1, 0.15) is 0 Å². The highest BCUT2D eigenvalue weighted by Crippen LogP contribution is 2.38. The lowest BCUT2D eigenvalue weighted by Gasteiger charge is -1.97. The minimum atomic E-state index is 0.167. The fourth-order valence-electron chi connectivity index (χ4n) is 2.52. The largest absolute Gasteiger partial charge is 0.289 e. The van der Waals surface area contributed by atoms with E-state index >= 15 is 0 Å². The average molecular weight is 268 g/mol. The van der Waals surface area contributed by atoms with E-state index in [1.807, 2.05) is 29.0 Å². The molecular weight excluding hydrogens is 260 g/mol. The third-order valence-corrected chi connectivity index (χ3v) is 5.39. The molecule has 0 atom stereocenters. The predicted molar refractivity (Wildman–Crippen MR) is 81.9 cm³/mol. The van der Waals surface area contributed by atoms with Crippen LogP contribution in [0.15, 0.2) is 52.0 Å². The third kappa shape index (κ3) is 1.29. The van der Waals surface area contributed by atoms with Crippen LogP contribution in [0.2, 0.25) is 0 Å². The Bertz CT molecular complexity index is 880. The summed E-state index contributed by atoms with van der Waals surface area (Å²) in [6, 6.07) is 12.1. The Labute approximate surface area is 112 Å². The molecule has 1 heterocycles. The van der Waals surface area contributed by atoms with E-state index in [-0.39, 0.29) is 5.43 Å². The summed E-state index contributed by atoms with van der Waals surface area (Å²) in [6.07, 6.45) is 0. The van der Waals surface area contributed by atoms with Crippen molar-refractivity contribution < 1.29 is 0 Å². The Kier molecular flexibility index (Phi) is 2.19. The molecule has 1 nitrogen and oxygen atoms in total. The molecule has 0 amide bonds. The highest BCUT2D eigenvalue weighted by atomic mass is 32.2. The lowest BCUT2D eigenvalue weighted by atomic mass is 10.1. The van der Waals surface area contributed by atoms with E-state index in [9.17, 15) is 4.79 Å². The van der Waals surface area contributed by atoms with Crippen molar-refractivity contribution in [2.75, 3.05) is 0 Å². The molecule has 0 aliphatic carbocycles. The Morgan fingerprint density at radius 3 is 2.22 bits per heavy atom. The predicted octanol–water partition coefficient (Wildman–Crippen LogP) is 3.53. The normalized spacial score (nSPS) is 15.2. The van der Waals surface area contributed by atoms with Crippen LogP contribution in [0.3, 0.4) is 0 Å². The fraction of sp³-hybridized carbons (Fsp3) is 0.